The van der Waals surface area contributed by atoms with Crippen LogP contribution in [0.2, 0.25) is 0 Å². The summed E-state index contributed by atoms with van der Waals surface area (Å²) in [6, 6.07) is 9.98. The van der Waals surface area contributed by atoms with Gasteiger partial charge in [-0.1, -0.05) is 12.1 Å². The Hall–Kier alpha value is -2.78. The van der Waals surface area contributed by atoms with Crippen LogP contribution in [0.25, 0.3) is 10.6 Å². The molecule has 9 heteroatoms. The molecular formula is C23H25FN4O2S2. The first-order chi connectivity index (χ1) is 15.5. The summed E-state index contributed by atoms with van der Waals surface area (Å²) in [7, 11) is 0. The molecule has 4 rings (SSSR count). The lowest BCUT2D eigenvalue weighted by Crippen LogP contribution is -2.49. The molecule has 0 radical (unpaired) electrons. The van der Waals surface area contributed by atoms with Gasteiger partial charge in [-0.3, -0.25) is 4.79 Å². The zero-order valence-corrected chi connectivity index (χ0v) is 19.4. The minimum atomic E-state index is -0.503. The first kappa shape index (κ1) is 22.4. The maximum absolute atomic E-state index is 13.9. The van der Waals surface area contributed by atoms with E-state index in [1.807, 2.05) is 6.92 Å². The third-order valence-corrected chi connectivity index (χ3v) is 7.35. The van der Waals surface area contributed by atoms with Crippen molar-refractivity contribution in [1.29, 1.82) is 0 Å². The average molecular weight is 473 g/mol. The van der Waals surface area contributed by atoms with Gasteiger partial charge in [-0.25, -0.2) is 14.2 Å². The molecule has 1 fully saturated rings. The Balaban J connectivity index is 1.18. The van der Waals surface area contributed by atoms with Gasteiger partial charge in [0.05, 0.1) is 21.1 Å². The van der Waals surface area contributed by atoms with Crippen LogP contribution < -0.4 is 10.6 Å². The number of nitrogens with one attached hydrogen (secondary N) is 2. The molecule has 0 saturated carbocycles. The highest BCUT2D eigenvalue weighted by molar-refractivity contribution is 7.16. The van der Waals surface area contributed by atoms with E-state index in [0.717, 1.165) is 22.0 Å². The summed E-state index contributed by atoms with van der Waals surface area (Å²) < 4.78 is 13.9. The van der Waals surface area contributed by atoms with E-state index in [4.69, 9.17) is 0 Å². The van der Waals surface area contributed by atoms with Crippen LogP contribution in [0.5, 0.6) is 0 Å². The molecule has 3 aromatic rings. The minimum absolute atomic E-state index is 0.000848. The standard InChI is InChI=1S/C23H25FN4O2S2/c1-15-26-20(14-31-15)21-7-6-17(32-21)8-11-25-23(30)27-16-9-12-28(13-10-16)22(29)18-4-2-3-5-19(18)24/h2-7,14,16H,8-13H2,1H3,(H2,25,27,30). The molecule has 1 aliphatic heterocycles. The van der Waals surface area contributed by atoms with E-state index in [-0.39, 0.29) is 23.5 Å². The number of carbonyl (C=O) groups excluding carboxylic acids is 2. The quantitative estimate of drug-likeness (QED) is 0.556. The maximum atomic E-state index is 13.9. The molecule has 0 bridgehead atoms. The van der Waals surface area contributed by atoms with Gasteiger partial charge in [0.1, 0.15) is 5.82 Å². The normalized spacial score (nSPS) is 14.4. The molecule has 2 aromatic heterocycles. The number of thiophene rings is 1. The van der Waals surface area contributed by atoms with E-state index in [0.29, 0.717) is 32.5 Å². The minimum Gasteiger partial charge on any atom is -0.338 e. The molecule has 1 saturated heterocycles. The monoisotopic (exact) mass is 472 g/mol. The molecular weight excluding hydrogens is 447 g/mol. The molecule has 1 aliphatic rings. The number of urea groups is 1. The van der Waals surface area contributed by atoms with Crippen molar-refractivity contribution in [2.45, 2.75) is 32.2 Å². The van der Waals surface area contributed by atoms with Crippen molar-refractivity contribution in [3.8, 4) is 10.6 Å². The van der Waals surface area contributed by atoms with Gasteiger partial charge in [0.15, 0.2) is 0 Å². The van der Waals surface area contributed by atoms with E-state index < -0.39 is 5.82 Å². The fraction of sp³-hybridized carbons (Fsp3) is 0.348. The van der Waals surface area contributed by atoms with Crippen LogP contribution in [0.3, 0.4) is 0 Å². The van der Waals surface area contributed by atoms with Gasteiger partial charge in [-0.05, 0) is 50.5 Å². The van der Waals surface area contributed by atoms with Crippen LogP contribution in [0, 0.1) is 12.7 Å². The molecule has 2 N–H and O–H groups in total. The Morgan fingerprint density at radius 1 is 1.19 bits per heavy atom. The number of hydrogen-bond donors (Lipinski definition) is 2. The van der Waals surface area contributed by atoms with Crippen LogP contribution in [-0.2, 0) is 6.42 Å². The lowest BCUT2D eigenvalue weighted by Gasteiger charge is -2.32. The Labute approximate surface area is 194 Å². The molecule has 0 unspecified atom stereocenters. The summed E-state index contributed by atoms with van der Waals surface area (Å²) in [5, 5.41) is 9.01. The number of likely N-dealkylation sites (tertiary alicyclic amines) is 1. The lowest BCUT2D eigenvalue weighted by atomic mass is 10.0. The van der Waals surface area contributed by atoms with Crippen molar-refractivity contribution in [2.24, 2.45) is 0 Å². The highest BCUT2D eigenvalue weighted by Gasteiger charge is 2.25. The number of aromatic nitrogens is 1. The Bertz CT molecular complexity index is 1090. The second-order valence-electron chi connectivity index (χ2n) is 7.71. The fourth-order valence-corrected chi connectivity index (χ4v) is 5.35. The fourth-order valence-electron chi connectivity index (χ4n) is 3.69. The predicted molar refractivity (Wildman–Crippen MR) is 126 cm³/mol. The van der Waals surface area contributed by atoms with Crippen LogP contribution in [0.15, 0.2) is 41.8 Å². The van der Waals surface area contributed by atoms with Gasteiger partial charge < -0.3 is 15.5 Å². The number of piperidine rings is 1. The Morgan fingerprint density at radius 3 is 2.69 bits per heavy atom. The second-order valence-corrected chi connectivity index (χ2v) is 9.94. The topological polar surface area (TPSA) is 74.3 Å². The number of carbonyl (C=O) groups is 2. The van der Waals surface area contributed by atoms with Crippen LogP contribution in [0.1, 0.15) is 33.1 Å². The van der Waals surface area contributed by atoms with Gasteiger partial charge in [-0.15, -0.1) is 22.7 Å². The van der Waals surface area contributed by atoms with E-state index in [1.165, 1.54) is 17.0 Å². The maximum Gasteiger partial charge on any atom is 0.315 e. The van der Waals surface area contributed by atoms with E-state index in [1.54, 1.807) is 39.7 Å². The SMILES string of the molecule is Cc1nc(-c2ccc(CCNC(=O)NC3CCN(C(=O)c4ccccc4F)CC3)s2)cs1. The first-order valence-electron chi connectivity index (χ1n) is 10.6. The molecule has 0 atom stereocenters. The van der Waals surface area contributed by atoms with Crippen LogP contribution >= 0.6 is 22.7 Å². The third kappa shape index (κ3) is 5.52. The summed E-state index contributed by atoms with van der Waals surface area (Å²) in [5.41, 5.74) is 1.10. The smallest absolute Gasteiger partial charge is 0.315 e. The molecule has 168 valence electrons. The van der Waals surface area contributed by atoms with Crippen molar-refractivity contribution in [3.05, 3.63) is 63.0 Å². The summed E-state index contributed by atoms with van der Waals surface area (Å²) in [4.78, 5) is 33.3. The van der Waals surface area contributed by atoms with Crippen molar-refractivity contribution >= 4 is 34.6 Å². The third-order valence-electron chi connectivity index (χ3n) is 5.41. The van der Waals surface area contributed by atoms with Crippen molar-refractivity contribution < 1.29 is 14.0 Å². The van der Waals surface area contributed by atoms with Crippen molar-refractivity contribution in [1.82, 2.24) is 20.5 Å². The predicted octanol–water partition coefficient (Wildman–Crippen LogP) is 4.47. The van der Waals surface area contributed by atoms with Crippen LogP contribution in [-0.4, -0.2) is 47.5 Å². The highest BCUT2D eigenvalue weighted by Crippen LogP contribution is 2.29. The molecule has 1 aromatic carbocycles. The number of nitrogens with zero attached hydrogens (tertiary/aromatic N) is 2. The zero-order valence-electron chi connectivity index (χ0n) is 17.8. The molecule has 0 aliphatic carbocycles. The summed E-state index contributed by atoms with van der Waals surface area (Å²) in [6.07, 6.45) is 2.06. The Kier molecular flexibility index (Phi) is 7.16. The molecule has 0 spiro atoms. The average Bonchev–Trinajstić information content (AvgIpc) is 3.43. The van der Waals surface area contributed by atoms with Crippen molar-refractivity contribution in [2.75, 3.05) is 19.6 Å². The number of hydrogen-bond acceptors (Lipinski definition) is 5. The Morgan fingerprint density at radius 2 is 1.97 bits per heavy atom. The number of amides is 3. The van der Waals surface area contributed by atoms with Gasteiger partial charge in [0, 0.05) is 35.9 Å². The van der Waals surface area contributed by atoms with E-state index >= 15 is 0 Å². The summed E-state index contributed by atoms with van der Waals surface area (Å²) >= 11 is 3.34. The summed E-state index contributed by atoms with van der Waals surface area (Å²) in [5.74, 6) is -0.800. The largest absolute Gasteiger partial charge is 0.338 e. The molecule has 6 nitrogen and oxygen atoms in total. The van der Waals surface area contributed by atoms with E-state index in [9.17, 15) is 14.0 Å². The number of benzene rings is 1. The summed E-state index contributed by atoms with van der Waals surface area (Å²) in [6.45, 7) is 3.53. The lowest BCUT2D eigenvalue weighted by molar-refractivity contribution is 0.0703. The highest BCUT2D eigenvalue weighted by atomic mass is 32.1. The first-order valence-corrected chi connectivity index (χ1v) is 12.3. The second kappa shape index (κ2) is 10.2. The molecule has 32 heavy (non-hydrogen) atoms. The molecule has 3 heterocycles. The van der Waals surface area contributed by atoms with Gasteiger partial charge in [0.25, 0.3) is 5.91 Å². The van der Waals surface area contributed by atoms with E-state index in [2.05, 4.69) is 33.1 Å². The number of thiazole rings is 1. The van der Waals surface area contributed by atoms with Gasteiger partial charge >= 0.3 is 6.03 Å². The van der Waals surface area contributed by atoms with Crippen molar-refractivity contribution in [3.63, 3.8) is 0 Å². The zero-order chi connectivity index (χ0) is 22.5. The van der Waals surface area contributed by atoms with Gasteiger partial charge in [-0.2, -0.15) is 0 Å². The number of halogens is 1. The van der Waals surface area contributed by atoms with Crippen LogP contribution in [0.4, 0.5) is 9.18 Å². The van der Waals surface area contributed by atoms with Gasteiger partial charge in [0.2, 0.25) is 0 Å². The number of rotatable bonds is 6. The molecule has 3 amide bonds. The number of aryl methyl sites for hydroxylation is 1.